The van der Waals surface area contributed by atoms with Gasteiger partial charge in [-0.1, -0.05) is 103 Å². The van der Waals surface area contributed by atoms with Crippen LogP contribution in [0.2, 0.25) is 15.1 Å². The highest BCUT2D eigenvalue weighted by molar-refractivity contribution is 7.92. The van der Waals surface area contributed by atoms with E-state index in [1.807, 2.05) is 44.2 Å². The van der Waals surface area contributed by atoms with Gasteiger partial charge in [-0.3, -0.25) is 13.9 Å². The topological polar surface area (TPSA) is 96.0 Å². The van der Waals surface area contributed by atoms with Crippen molar-refractivity contribution in [2.45, 2.75) is 37.8 Å². The largest absolute Gasteiger partial charge is 0.495 e. The number of halogens is 3. The summed E-state index contributed by atoms with van der Waals surface area (Å²) in [5.41, 5.74) is 1.48. The van der Waals surface area contributed by atoms with Gasteiger partial charge in [0.25, 0.3) is 10.0 Å². The quantitative estimate of drug-likeness (QED) is 0.148. The summed E-state index contributed by atoms with van der Waals surface area (Å²) in [7, 11) is -2.94. The number of rotatable bonds is 14. The Labute approximate surface area is 291 Å². The van der Waals surface area contributed by atoms with Gasteiger partial charge >= 0.3 is 0 Å². The van der Waals surface area contributed by atoms with Crippen molar-refractivity contribution in [1.82, 2.24) is 10.2 Å². The van der Waals surface area contributed by atoms with E-state index in [1.165, 1.54) is 36.3 Å². The van der Waals surface area contributed by atoms with Crippen LogP contribution in [0.4, 0.5) is 5.69 Å². The summed E-state index contributed by atoms with van der Waals surface area (Å²) < 4.78 is 34.9. The Morgan fingerprint density at radius 3 is 2.11 bits per heavy atom. The van der Waals surface area contributed by atoms with E-state index in [2.05, 4.69) is 5.32 Å². The van der Waals surface area contributed by atoms with Gasteiger partial charge < -0.3 is 15.0 Å². The van der Waals surface area contributed by atoms with Gasteiger partial charge in [0.05, 0.1) is 27.7 Å². The highest BCUT2D eigenvalue weighted by Gasteiger charge is 2.35. The maximum Gasteiger partial charge on any atom is 0.264 e. The summed E-state index contributed by atoms with van der Waals surface area (Å²) in [6.45, 7) is 3.59. The molecule has 0 aromatic heterocycles. The summed E-state index contributed by atoms with van der Waals surface area (Å²) >= 11 is 18.9. The van der Waals surface area contributed by atoms with E-state index >= 15 is 0 Å². The third-order valence-corrected chi connectivity index (χ3v) is 10.1. The third kappa shape index (κ3) is 9.41. The van der Waals surface area contributed by atoms with Crippen LogP contribution in [0.25, 0.3) is 0 Å². The number of carbonyl (C=O) groups is 2. The molecule has 0 spiro atoms. The van der Waals surface area contributed by atoms with Crippen LogP contribution in [0.1, 0.15) is 25.0 Å². The summed E-state index contributed by atoms with van der Waals surface area (Å²) in [6.07, 6.45) is 0.170. The van der Waals surface area contributed by atoms with Gasteiger partial charge in [-0.05, 0) is 59.5 Å². The van der Waals surface area contributed by atoms with Crippen molar-refractivity contribution in [3.8, 4) is 5.75 Å². The minimum atomic E-state index is -4.34. The van der Waals surface area contributed by atoms with Crippen LogP contribution in [-0.2, 0) is 32.6 Å². The third-order valence-electron chi connectivity index (χ3n) is 7.31. The molecule has 248 valence electrons. The lowest BCUT2D eigenvalue weighted by atomic mass is 10.0. The van der Waals surface area contributed by atoms with Gasteiger partial charge in [0, 0.05) is 24.5 Å². The summed E-state index contributed by atoms with van der Waals surface area (Å²) in [5.74, 6) is -0.683. The Balaban J connectivity index is 1.85. The van der Waals surface area contributed by atoms with E-state index in [1.54, 1.807) is 42.5 Å². The summed E-state index contributed by atoms with van der Waals surface area (Å²) in [4.78, 5) is 29.9. The van der Waals surface area contributed by atoms with E-state index in [9.17, 15) is 18.0 Å². The Morgan fingerprint density at radius 2 is 1.49 bits per heavy atom. The molecular formula is C35H36Cl3N3O5S. The normalized spacial score (nSPS) is 12.0. The molecule has 0 aliphatic carbocycles. The monoisotopic (exact) mass is 715 g/mol. The van der Waals surface area contributed by atoms with E-state index < -0.39 is 28.5 Å². The van der Waals surface area contributed by atoms with Gasteiger partial charge in [0.2, 0.25) is 11.8 Å². The maximum absolute atomic E-state index is 14.6. The second kappa shape index (κ2) is 16.4. The Hall–Kier alpha value is -3.76. The van der Waals surface area contributed by atoms with Crippen molar-refractivity contribution in [2.24, 2.45) is 5.92 Å². The number of nitrogens with one attached hydrogen (secondary N) is 1. The molecule has 0 saturated heterocycles. The van der Waals surface area contributed by atoms with Crippen LogP contribution in [0.15, 0.2) is 102 Å². The zero-order valence-corrected chi connectivity index (χ0v) is 29.3. The number of nitrogens with zero attached hydrogens (tertiary/aromatic N) is 2. The van der Waals surface area contributed by atoms with Gasteiger partial charge in [-0.15, -0.1) is 0 Å². The van der Waals surface area contributed by atoms with E-state index in [0.29, 0.717) is 17.1 Å². The molecule has 4 aromatic rings. The SMILES string of the molecule is COc1ccc(Cl)cc1N(CC(=O)N(Cc1ccc(Cl)c(Cl)c1)[C@@H](Cc1ccccc1)C(=O)NCC(C)C)S(=O)(=O)c1ccccc1. The number of amides is 2. The van der Waals surface area contributed by atoms with Crippen molar-refractivity contribution < 1.29 is 22.7 Å². The van der Waals surface area contributed by atoms with Gasteiger partial charge in [-0.2, -0.15) is 0 Å². The number of methoxy groups -OCH3 is 1. The van der Waals surface area contributed by atoms with Gasteiger partial charge in [0.1, 0.15) is 18.3 Å². The molecule has 1 atom stereocenters. The molecule has 4 aromatic carbocycles. The van der Waals surface area contributed by atoms with Crippen LogP contribution in [-0.4, -0.2) is 51.4 Å². The molecule has 0 radical (unpaired) electrons. The fraction of sp³-hybridized carbons (Fsp3) is 0.257. The molecule has 4 rings (SSSR count). The average Bonchev–Trinajstić information content (AvgIpc) is 3.06. The Bertz CT molecular complexity index is 1790. The first-order valence-electron chi connectivity index (χ1n) is 14.9. The zero-order valence-electron chi connectivity index (χ0n) is 26.2. The average molecular weight is 717 g/mol. The highest BCUT2D eigenvalue weighted by atomic mass is 35.5. The summed E-state index contributed by atoms with van der Waals surface area (Å²) in [6, 6.07) is 25.5. The van der Waals surface area contributed by atoms with Crippen molar-refractivity contribution in [2.75, 3.05) is 24.5 Å². The number of sulfonamides is 1. The molecular weight excluding hydrogens is 681 g/mol. The Morgan fingerprint density at radius 1 is 0.830 bits per heavy atom. The predicted octanol–water partition coefficient (Wildman–Crippen LogP) is 7.26. The number of ether oxygens (including phenoxy) is 1. The fourth-order valence-corrected chi connectivity index (χ4v) is 6.83. The first kappa shape index (κ1) is 36.1. The Kier molecular flexibility index (Phi) is 12.6. The molecule has 12 heteroatoms. The molecule has 1 N–H and O–H groups in total. The van der Waals surface area contributed by atoms with Crippen LogP contribution < -0.4 is 14.4 Å². The molecule has 0 saturated carbocycles. The summed E-state index contributed by atoms with van der Waals surface area (Å²) in [5, 5.41) is 3.81. The maximum atomic E-state index is 14.6. The molecule has 0 fully saturated rings. The minimum absolute atomic E-state index is 0.0404. The van der Waals surface area contributed by atoms with Crippen molar-refractivity contribution in [3.63, 3.8) is 0 Å². The van der Waals surface area contributed by atoms with Crippen molar-refractivity contribution in [1.29, 1.82) is 0 Å². The van der Waals surface area contributed by atoms with Crippen molar-refractivity contribution in [3.05, 3.63) is 123 Å². The van der Waals surface area contributed by atoms with Gasteiger partial charge in [0.15, 0.2) is 0 Å². The zero-order chi connectivity index (χ0) is 34.1. The molecule has 2 amide bonds. The number of anilines is 1. The highest BCUT2D eigenvalue weighted by Crippen LogP contribution is 2.35. The van der Waals surface area contributed by atoms with Crippen LogP contribution >= 0.6 is 34.8 Å². The standard InChI is InChI=1S/C35H36Cl3N3O5S/c1-24(2)21-39-35(43)32(19-25-10-6-4-7-11-25)40(22-26-14-16-29(37)30(38)18-26)34(42)23-41(31-20-27(36)15-17-33(31)46-3)47(44,45)28-12-8-5-9-13-28/h4-18,20,24,32H,19,21-23H2,1-3H3,(H,39,43)/t32-/m0/s1. The first-order chi connectivity index (χ1) is 22.4. The molecule has 0 heterocycles. The number of carbonyl (C=O) groups excluding carboxylic acids is 2. The van der Waals surface area contributed by atoms with Crippen molar-refractivity contribution >= 4 is 62.3 Å². The lowest BCUT2D eigenvalue weighted by Gasteiger charge is -2.34. The molecule has 8 nitrogen and oxygen atoms in total. The lowest BCUT2D eigenvalue weighted by molar-refractivity contribution is -0.140. The van der Waals surface area contributed by atoms with Gasteiger partial charge in [-0.25, -0.2) is 8.42 Å². The van der Waals surface area contributed by atoms with E-state index in [4.69, 9.17) is 39.5 Å². The second-order valence-electron chi connectivity index (χ2n) is 11.3. The first-order valence-corrected chi connectivity index (χ1v) is 17.4. The molecule has 0 aliphatic heterocycles. The van der Waals surface area contributed by atoms with Crippen LogP contribution in [0.3, 0.4) is 0 Å². The molecule has 47 heavy (non-hydrogen) atoms. The molecule has 0 bridgehead atoms. The smallest absolute Gasteiger partial charge is 0.264 e. The van der Waals surface area contributed by atoms with Crippen LogP contribution in [0.5, 0.6) is 5.75 Å². The second-order valence-corrected chi connectivity index (χ2v) is 14.4. The number of hydrogen-bond donors (Lipinski definition) is 1. The van der Waals surface area contributed by atoms with E-state index in [0.717, 1.165) is 9.87 Å². The molecule has 0 unspecified atom stereocenters. The predicted molar refractivity (Wildman–Crippen MR) is 188 cm³/mol. The molecule has 0 aliphatic rings. The van der Waals surface area contributed by atoms with E-state index in [-0.39, 0.29) is 51.2 Å². The number of hydrogen-bond acceptors (Lipinski definition) is 5. The van der Waals surface area contributed by atoms with Crippen LogP contribution in [0, 0.1) is 5.92 Å². The minimum Gasteiger partial charge on any atom is -0.495 e. The number of benzene rings is 4. The lowest BCUT2D eigenvalue weighted by Crippen LogP contribution is -2.53. The fourth-order valence-electron chi connectivity index (χ4n) is 4.90.